The highest BCUT2D eigenvalue weighted by Crippen LogP contribution is 2.36. The zero-order chi connectivity index (χ0) is 12.4. The molecule has 1 aromatic heterocycles. The predicted octanol–water partition coefficient (Wildman–Crippen LogP) is 3.90. The van der Waals surface area contributed by atoms with Crippen molar-refractivity contribution in [1.82, 2.24) is 4.98 Å². The van der Waals surface area contributed by atoms with Crippen LogP contribution in [0.3, 0.4) is 0 Å². The number of phenols is 1. The number of aromatic nitrogens is 1. The monoisotopic (exact) mass is 251 g/mol. The lowest BCUT2D eigenvalue weighted by molar-refractivity contribution is 0.456. The largest absolute Gasteiger partial charge is 0.507 e. The molecule has 0 fully saturated rings. The van der Waals surface area contributed by atoms with Crippen LogP contribution in [0.15, 0.2) is 28.8 Å². The average molecular weight is 252 g/mol. The zero-order valence-electron chi connectivity index (χ0n) is 9.77. The van der Waals surface area contributed by atoms with Crippen molar-refractivity contribution in [2.75, 3.05) is 0 Å². The highest BCUT2D eigenvalue weighted by atomic mass is 35.5. The van der Waals surface area contributed by atoms with Crippen LogP contribution in [0.25, 0.3) is 11.3 Å². The molecule has 0 bridgehead atoms. The van der Waals surface area contributed by atoms with Crippen molar-refractivity contribution >= 4 is 11.6 Å². The second-order valence-electron chi connectivity index (χ2n) is 4.35. The summed E-state index contributed by atoms with van der Waals surface area (Å²) in [6.45, 7) is 4.19. The molecule has 0 saturated heterocycles. The van der Waals surface area contributed by atoms with Gasteiger partial charge in [-0.05, 0) is 18.1 Å². The molecule has 0 spiro atoms. The molecule has 1 aromatic carbocycles. The third-order valence-corrected chi connectivity index (χ3v) is 2.69. The first-order chi connectivity index (χ1) is 8.08. The van der Waals surface area contributed by atoms with Crippen LogP contribution in [0.2, 0.25) is 5.02 Å². The Morgan fingerprint density at radius 2 is 2.18 bits per heavy atom. The van der Waals surface area contributed by atoms with E-state index in [0.717, 1.165) is 6.42 Å². The van der Waals surface area contributed by atoms with Gasteiger partial charge < -0.3 is 9.52 Å². The van der Waals surface area contributed by atoms with E-state index in [1.807, 2.05) is 0 Å². The number of phenolic OH excluding ortho intramolecular Hbond substituents is 1. The van der Waals surface area contributed by atoms with E-state index >= 15 is 0 Å². The topological polar surface area (TPSA) is 46.3 Å². The Morgan fingerprint density at radius 3 is 2.82 bits per heavy atom. The minimum Gasteiger partial charge on any atom is -0.507 e. The molecular formula is C13H14ClNO2. The van der Waals surface area contributed by atoms with Crippen LogP contribution in [0.4, 0.5) is 0 Å². The van der Waals surface area contributed by atoms with Gasteiger partial charge in [-0.3, -0.25) is 0 Å². The van der Waals surface area contributed by atoms with Crippen molar-refractivity contribution in [3.63, 3.8) is 0 Å². The van der Waals surface area contributed by atoms with Crippen molar-refractivity contribution in [1.29, 1.82) is 0 Å². The summed E-state index contributed by atoms with van der Waals surface area (Å²) < 4.78 is 5.59. The van der Waals surface area contributed by atoms with E-state index < -0.39 is 0 Å². The molecule has 0 atom stereocenters. The van der Waals surface area contributed by atoms with E-state index in [4.69, 9.17) is 16.0 Å². The van der Waals surface area contributed by atoms with Crippen molar-refractivity contribution in [3.05, 3.63) is 35.3 Å². The van der Waals surface area contributed by atoms with Gasteiger partial charge in [-0.25, -0.2) is 4.98 Å². The number of hydrogen-bond acceptors (Lipinski definition) is 3. The normalized spacial score (nSPS) is 11.1. The summed E-state index contributed by atoms with van der Waals surface area (Å²) in [5.74, 6) is 1.74. The first-order valence-corrected chi connectivity index (χ1v) is 5.88. The summed E-state index contributed by atoms with van der Waals surface area (Å²) >= 11 is 6.03. The molecule has 4 heteroatoms. The Kier molecular flexibility index (Phi) is 3.38. The van der Waals surface area contributed by atoms with Crippen molar-refractivity contribution < 1.29 is 9.52 Å². The fraction of sp³-hybridized carbons (Fsp3) is 0.308. The lowest BCUT2D eigenvalue weighted by atomic mass is 10.1. The molecule has 0 saturated carbocycles. The van der Waals surface area contributed by atoms with Gasteiger partial charge in [-0.2, -0.15) is 0 Å². The molecule has 1 N–H and O–H groups in total. The van der Waals surface area contributed by atoms with Gasteiger partial charge in [0.15, 0.2) is 11.7 Å². The van der Waals surface area contributed by atoms with E-state index in [0.29, 0.717) is 28.2 Å². The fourth-order valence-corrected chi connectivity index (χ4v) is 1.89. The van der Waals surface area contributed by atoms with E-state index in [2.05, 4.69) is 18.8 Å². The number of nitrogens with zero attached hydrogens (tertiary/aromatic N) is 1. The van der Waals surface area contributed by atoms with Gasteiger partial charge in [0, 0.05) is 6.42 Å². The molecule has 3 nitrogen and oxygen atoms in total. The lowest BCUT2D eigenvalue weighted by Crippen LogP contribution is -1.92. The number of hydrogen-bond donors (Lipinski definition) is 1. The maximum absolute atomic E-state index is 9.76. The van der Waals surface area contributed by atoms with Crippen LogP contribution in [0, 0.1) is 5.92 Å². The van der Waals surface area contributed by atoms with Gasteiger partial charge in [0.1, 0.15) is 5.75 Å². The molecule has 90 valence electrons. The van der Waals surface area contributed by atoms with E-state index in [9.17, 15) is 5.11 Å². The predicted molar refractivity (Wildman–Crippen MR) is 67.2 cm³/mol. The fourth-order valence-electron chi connectivity index (χ4n) is 1.63. The number of benzene rings is 1. The van der Waals surface area contributed by atoms with Crippen LogP contribution in [-0.2, 0) is 6.42 Å². The Labute approximate surface area is 105 Å². The van der Waals surface area contributed by atoms with Crippen LogP contribution in [-0.4, -0.2) is 10.1 Å². The summed E-state index contributed by atoms with van der Waals surface area (Å²) in [5.41, 5.74) is 0.497. The average Bonchev–Trinajstić information content (AvgIpc) is 2.65. The smallest absolute Gasteiger partial charge is 0.195 e. The Morgan fingerprint density at radius 1 is 1.41 bits per heavy atom. The summed E-state index contributed by atoms with van der Waals surface area (Å²) in [5, 5.41) is 10.2. The third kappa shape index (κ3) is 2.61. The van der Waals surface area contributed by atoms with Crippen LogP contribution in [0.1, 0.15) is 19.7 Å². The molecule has 0 radical (unpaired) electrons. The van der Waals surface area contributed by atoms with Gasteiger partial charge in [0.25, 0.3) is 0 Å². The second-order valence-corrected chi connectivity index (χ2v) is 4.76. The van der Waals surface area contributed by atoms with E-state index in [1.165, 1.54) is 0 Å². The summed E-state index contributed by atoms with van der Waals surface area (Å²) in [4.78, 5) is 4.18. The Bertz CT molecular complexity index is 500. The third-order valence-electron chi connectivity index (χ3n) is 2.37. The summed E-state index contributed by atoms with van der Waals surface area (Å²) in [6.07, 6.45) is 2.36. The molecule has 0 unspecified atom stereocenters. The Hall–Kier alpha value is -1.48. The summed E-state index contributed by atoms with van der Waals surface area (Å²) in [7, 11) is 0. The number of rotatable bonds is 3. The molecule has 0 aliphatic rings. The quantitative estimate of drug-likeness (QED) is 0.900. The molecule has 0 amide bonds. The zero-order valence-corrected chi connectivity index (χ0v) is 10.5. The molecule has 1 heterocycles. The standard InChI is InChI=1S/C13H14ClNO2/c1-8(2)6-12-15-7-11(17-12)13-9(14)4-3-5-10(13)16/h3-5,7-8,16H,6H2,1-2H3. The first-order valence-electron chi connectivity index (χ1n) is 5.50. The van der Waals surface area contributed by atoms with Crippen molar-refractivity contribution in [2.45, 2.75) is 20.3 Å². The van der Waals surface area contributed by atoms with Gasteiger partial charge in [-0.1, -0.05) is 31.5 Å². The van der Waals surface area contributed by atoms with Crippen LogP contribution >= 0.6 is 11.6 Å². The van der Waals surface area contributed by atoms with Crippen molar-refractivity contribution in [3.8, 4) is 17.1 Å². The van der Waals surface area contributed by atoms with Crippen LogP contribution < -0.4 is 0 Å². The molecule has 0 aliphatic heterocycles. The summed E-state index contributed by atoms with van der Waals surface area (Å²) in [6, 6.07) is 4.97. The molecule has 17 heavy (non-hydrogen) atoms. The van der Waals surface area contributed by atoms with E-state index in [-0.39, 0.29) is 5.75 Å². The SMILES string of the molecule is CC(C)Cc1ncc(-c2c(O)cccc2Cl)o1. The minimum absolute atomic E-state index is 0.102. The minimum atomic E-state index is 0.102. The number of oxazole rings is 1. The lowest BCUT2D eigenvalue weighted by Gasteiger charge is -2.03. The maximum atomic E-state index is 9.76. The Balaban J connectivity index is 2.37. The second kappa shape index (κ2) is 4.80. The first kappa shape index (κ1) is 12.0. The molecule has 2 rings (SSSR count). The highest BCUT2D eigenvalue weighted by molar-refractivity contribution is 6.33. The van der Waals surface area contributed by atoms with Crippen LogP contribution in [0.5, 0.6) is 5.75 Å². The maximum Gasteiger partial charge on any atom is 0.195 e. The molecular weight excluding hydrogens is 238 g/mol. The molecule has 0 aliphatic carbocycles. The highest BCUT2D eigenvalue weighted by Gasteiger charge is 2.14. The van der Waals surface area contributed by atoms with Gasteiger partial charge in [-0.15, -0.1) is 0 Å². The number of aromatic hydroxyl groups is 1. The molecule has 2 aromatic rings. The van der Waals surface area contributed by atoms with E-state index in [1.54, 1.807) is 24.4 Å². The van der Waals surface area contributed by atoms with Gasteiger partial charge in [0.05, 0.1) is 16.8 Å². The van der Waals surface area contributed by atoms with Gasteiger partial charge >= 0.3 is 0 Å². The van der Waals surface area contributed by atoms with Gasteiger partial charge in [0.2, 0.25) is 0 Å². The van der Waals surface area contributed by atoms with Crippen molar-refractivity contribution in [2.24, 2.45) is 5.92 Å². The number of halogens is 1.